The van der Waals surface area contributed by atoms with Crippen molar-refractivity contribution in [2.24, 2.45) is 11.8 Å². The third kappa shape index (κ3) is 3.75. The summed E-state index contributed by atoms with van der Waals surface area (Å²) in [5.41, 5.74) is 7.76. The van der Waals surface area contributed by atoms with Crippen LogP contribution in [0.3, 0.4) is 0 Å². The predicted molar refractivity (Wildman–Crippen MR) is 44.9 cm³/mol. The van der Waals surface area contributed by atoms with Gasteiger partial charge in [-0.05, 0) is 5.92 Å². The zero-order valence-corrected chi connectivity index (χ0v) is 12.4. The van der Waals surface area contributed by atoms with E-state index in [4.69, 9.17) is 5.73 Å². The van der Waals surface area contributed by atoms with Crippen LogP contribution in [0.1, 0.15) is 39.5 Å². The second-order valence-corrected chi connectivity index (χ2v) is 3.80. The van der Waals surface area contributed by atoms with Crippen molar-refractivity contribution in [3.63, 3.8) is 0 Å². The molecular weight excluding hydrogens is 349 g/mol. The van der Waals surface area contributed by atoms with Gasteiger partial charge in [0.25, 0.3) is 0 Å². The smallest absolute Gasteiger partial charge is 0 e. The quantitative estimate of drug-likeness (QED) is 0.680. The van der Waals surface area contributed by atoms with Gasteiger partial charge in [0.1, 0.15) is 0 Å². The standard InChI is InChI=1S/C9H18N.Ac/c1-7(2)8-5-3-4-6-9(8)10;/h7-10H,3-6H2,1-2H3;/q-1;/t8-,9?;/m1./s1. The van der Waals surface area contributed by atoms with Crippen molar-refractivity contribution in [2.45, 2.75) is 45.6 Å². The van der Waals surface area contributed by atoms with Crippen LogP contribution >= 0.6 is 0 Å². The van der Waals surface area contributed by atoms with E-state index < -0.39 is 0 Å². The average molecular weight is 367 g/mol. The molecule has 0 aliphatic heterocycles. The van der Waals surface area contributed by atoms with Crippen LogP contribution in [0.25, 0.3) is 5.73 Å². The molecule has 1 N–H and O–H groups in total. The van der Waals surface area contributed by atoms with Gasteiger partial charge in [0.2, 0.25) is 0 Å². The monoisotopic (exact) mass is 367 g/mol. The van der Waals surface area contributed by atoms with Crippen LogP contribution in [0, 0.1) is 55.9 Å². The van der Waals surface area contributed by atoms with E-state index in [2.05, 4.69) is 13.8 Å². The molecular formula is C9H18AcN-. The van der Waals surface area contributed by atoms with Crippen molar-refractivity contribution in [3.05, 3.63) is 5.73 Å². The van der Waals surface area contributed by atoms with Crippen molar-refractivity contribution in [1.82, 2.24) is 0 Å². The Balaban J connectivity index is 0.000001000. The summed E-state index contributed by atoms with van der Waals surface area (Å²) in [6, 6.07) is 0.244. The Labute approximate surface area is 106 Å². The molecule has 1 fully saturated rings. The largest absolute Gasteiger partial charge is 0.674 e. The van der Waals surface area contributed by atoms with E-state index in [0.717, 1.165) is 12.3 Å². The van der Waals surface area contributed by atoms with Crippen LogP contribution in [0.15, 0.2) is 0 Å². The molecule has 1 radical (unpaired) electrons. The minimum Gasteiger partial charge on any atom is -0.674 e. The van der Waals surface area contributed by atoms with Crippen LogP contribution in [-0.4, -0.2) is 6.04 Å². The van der Waals surface area contributed by atoms with Gasteiger partial charge in [0.15, 0.2) is 0 Å². The SMILES string of the molecule is CC(C)[C@H]1CCCCC1[NH-].[Ac]. The molecule has 0 saturated heterocycles. The van der Waals surface area contributed by atoms with Crippen molar-refractivity contribution < 1.29 is 44.1 Å². The summed E-state index contributed by atoms with van der Waals surface area (Å²) in [6.07, 6.45) is 5.09. The van der Waals surface area contributed by atoms with E-state index in [9.17, 15) is 0 Å². The summed E-state index contributed by atoms with van der Waals surface area (Å²) >= 11 is 0. The van der Waals surface area contributed by atoms with Crippen LogP contribution in [0.5, 0.6) is 0 Å². The Morgan fingerprint density at radius 3 is 2.09 bits per heavy atom. The minimum atomic E-state index is 0. The molecule has 0 heterocycles. The molecule has 0 aromatic heterocycles. The molecule has 1 nitrogen and oxygen atoms in total. The van der Waals surface area contributed by atoms with Crippen LogP contribution in [-0.2, 0) is 0 Å². The van der Waals surface area contributed by atoms with Gasteiger partial charge < -0.3 is 5.73 Å². The van der Waals surface area contributed by atoms with Gasteiger partial charge in [-0.3, -0.25) is 0 Å². The summed E-state index contributed by atoms with van der Waals surface area (Å²) in [6.45, 7) is 4.50. The average Bonchev–Trinajstić information content (AvgIpc) is 1.88. The van der Waals surface area contributed by atoms with E-state index in [-0.39, 0.29) is 50.1 Å². The molecule has 2 atom stereocenters. The fraction of sp³-hybridized carbons (Fsp3) is 1.00. The second-order valence-electron chi connectivity index (χ2n) is 3.80. The van der Waals surface area contributed by atoms with E-state index in [1.54, 1.807) is 0 Å². The molecule has 11 heavy (non-hydrogen) atoms. The topological polar surface area (TPSA) is 23.8 Å². The van der Waals surface area contributed by atoms with Gasteiger partial charge >= 0.3 is 0 Å². The molecule has 0 spiro atoms. The van der Waals surface area contributed by atoms with Crippen molar-refractivity contribution in [3.8, 4) is 0 Å². The Bertz CT molecular complexity index is 104. The normalized spacial score (nSPS) is 31.6. The summed E-state index contributed by atoms with van der Waals surface area (Å²) in [7, 11) is 0. The molecule has 0 bridgehead atoms. The number of hydrogen-bond donors (Lipinski definition) is 0. The molecule has 1 rings (SSSR count). The van der Waals surface area contributed by atoms with Gasteiger partial charge in [0.05, 0.1) is 0 Å². The summed E-state index contributed by atoms with van der Waals surface area (Å²) in [5.74, 6) is 1.41. The van der Waals surface area contributed by atoms with Crippen molar-refractivity contribution in [1.29, 1.82) is 0 Å². The maximum absolute atomic E-state index is 7.76. The molecule has 1 aliphatic rings. The minimum absolute atomic E-state index is 0. The Kier molecular flexibility index (Phi) is 6.71. The fourth-order valence-electron chi connectivity index (χ4n) is 1.96. The zero-order valence-electron chi connectivity index (χ0n) is 7.64. The summed E-state index contributed by atoms with van der Waals surface area (Å²) in [4.78, 5) is 0. The van der Waals surface area contributed by atoms with Crippen LogP contribution in [0.4, 0.5) is 0 Å². The zero-order chi connectivity index (χ0) is 7.56. The Morgan fingerprint density at radius 1 is 1.18 bits per heavy atom. The molecule has 1 saturated carbocycles. The number of hydrogen-bond acceptors (Lipinski definition) is 0. The molecule has 0 amide bonds. The van der Waals surface area contributed by atoms with Gasteiger partial charge in [-0.15, -0.1) is 6.04 Å². The van der Waals surface area contributed by atoms with E-state index in [0.29, 0.717) is 5.92 Å². The molecule has 0 aromatic carbocycles. The predicted octanol–water partition coefficient (Wildman–Crippen LogP) is 3.25. The molecule has 1 aliphatic carbocycles. The van der Waals surface area contributed by atoms with E-state index >= 15 is 0 Å². The first-order valence-electron chi connectivity index (χ1n) is 4.43. The van der Waals surface area contributed by atoms with Crippen molar-refractivity contribution >= 4 is 0 Å². The maximum atomic E-state index is 7.76. The third-order valence-electron chi connectivity index (χ3n) is 2.68. The first kappa shape index (κ1) is 12.4. The first-order chi connectivity index (χ1) is 4.72. The van der Waals surface area contributed by atoms with Gasteiger partial charge in [0, 0.05) is 44.1 Å². The summed E-state index contributed by atoms with van der Waals surface area (Å²) in [5, 5.41) is 0. The fourth-order valence-corrected chi connectivity index (χ4v) is 1.96. The Morgan fingerprint density at radius 2 is 1.73 bits per heavy atom. The van der Waals surface area contributed by atoms with Crippen molar-refractivity contribution in [2.75, 3.05) is 0 Å². The van der Waals surface area contributed by atoms with Gasteiger partial charge in [-0.1, -0.05) is 45.4 Å². The van der Waals surface area contributed by atoms with Crippen LogP contribution in [0.2, 0.25) is 0 Å². The summed E-state index contributed by atoms with van der Waals surface area (Å²) < 4.78 is 0. The van der Waals surface area contributed by atoms with Crippen LogP contribution < -0.4 is 0 Å². The Hall–Kier alpha value is 1.40. The first-order valence-corrected chi connectivity index (χ1v) is 4.43. The molecule has 2 heteroatoms. The molecule has 0 aromatic rings. The van der Waals surface area contributed by atoms with E-state index in [1.807, 2.05) is 0 Å². The second kappa shape index (κ2) is 5.95. The molecule has 63 valence electrons. The third-order valence-corrected chi connectivity index (χ3v) is 2.68. The number of nitrogens with one attached hydrogen (secondary N) is 1. The number of rotatable bonds is 1. The van der Waals surface area contributed by atoms with Gasteiger partial charge in [-0.25, -0.2) is 0 Å². The van der Waals surface area contributed by atoms with Gasteiger partial charge in [-0.2, -0.15) is 0 Å². The molecule has 1 unspecified atom stereocenters. The van der Waals surface area contributed by atoms with E-state index in [1.165, 1.54) is 19.3 Å². The maximum Gasteiger partial charge on any atom is 0 e.